The molecule has 1 heterocycles. The highest BCUT2D eigenvalue weighted by Crippen LogP contribution is 2.28. The number of hydrogen-bond donors (Lipinski definition) is 0. The molecule has 0 aliphatic carbocycles. The maximum atomic E-state index is 12.5. The molecule has 0 saturated carbocycles. The molecule has 1 aromatic heterocycles. The Balaban J connectivity index is 2.21. The molecule has 0 saturated heterocycles. The number of nitrogens with zero attached hydrogens (tertiary/aromatic N) is 3. The first-order valence-electron chi connectivity index (χ1n) is 7.85. The van der Waals surface area contributed by atoms with Gasteiger partial charge >= 0.3 is 11.7 Å². The maximum absolute atomic E-state index is 12.5. The van der Waals surface area contributed by atoms with Gasteiger partial charge in [-0.15, -0.1) is 0 Å². The van der Waals surface area contributed by atoms with Gasteiger partial charge in [0.05, 0.1) is 22.7 Å². The van der Waals surface area contributed by atoms with Crippen molar-refractivity contribution in [3.05, 3.63) is 69.1 Å². The normalized spacial score (nSPS) is 10.7. The van der Waals surface area contributed by atoms with Crippen LogP contribution in [0.15, 0.2) is 53.3 Å². The Morgan fingerprint density at radius 2 is 1.96 bits per heavy atom. The number of hydrogen-bond acceptors (Lipinski definition) is 6. The molecule has 0 fully saturated rings. The molecule has 8 nitrogen and oxygen atoms in total. The van der Waals surface area contributed by atoms with Crippen LogP contribution in [-0.4, -0.2) is 27.1 Å². The number of carbonyl (C=O) groups is 1. The summed E-state index contributed by atoms with van der Waals surface area (Å²) in [5, 5.41) is 11.6. The summed E-state index contributed by atoms with van der Waals surface area (Å²) in [5.41, 5.74) is 0.931. The van der Waals surface area contributed by atoms with Gasteiger partial charge in [0.25, 0.3) is 5.69 Å². The van der Waals surface area contributed by atoms with Gasteiger partial charge in [-0.2, -0.15) is 4.98 Å². The van der Waals surface area contributed by atoms with Crippen LogP contribution < -0.4 is 5.69 Å². The number of benzene rings is 2. The van der Waals surface area contributed by atoms with E-state index in [9.17, 15) is 19.7 Å². The minimum Gasteiger partial charge on any atom is -0.464 e. The number of aromatic nitrogens is 2. The molecule has 26 heavy (non-hydrogen) atoms. The summed E-state index contributed by atoms with van der Waals surface area (Å²) in [6.45, 7) is 1.39. The van der Waals surface area contributed by atoms with Crippen molar-refractivity contribution in [1.29, 1.82) is 0 Å². The van der Waals surface area contributed by atoms with Crippen molar-refractivity contribution < 1.29 is 14.5 Å². The van der Waals surface area contributed by atoms with Gasteiger partial charge in [0.15, 0.2) is 0 Å². The van der Waals surface area contributed by atoms with Gasteiger partial charge in [0.2, 0.25) is 0 Å². The second kappa shape index (κ2) is 7.14. The van der Waals surface area contributed by atoms with Crippen molar-refractivity contribution >= 4 is 22.6 Å². The highest BCUT2D eigenvalue weighted by molar-refractivity contribution is 5.93. The van der Waals surface area contributed by atoms with Crippen molar-refractivity contribution in [2.45, 2.75) is 13.5 Å². The van der Waals surface area contributed by atoms with Gasteiger partial charge in [0.1, 0.15) is 6.61 Å². The van der Waals surface area contributed by atoms with Crippen LogP contribution in [-0.2, 0) is 16.1 Å². The van der Waals surface area contributed by atoms with E-state index in [1.54, 1.807) is 24.3 Å². The SMILES string of the molecule is CC(=O)OCCn1c(=O)nc(-c2ccccc2)c2cc([N+](=O)[O-])ccc21. The fourth-order valence-electron chi connectivity index (χ4n) is 2.69. The summed E-state index contributed by atoms with van der Waals surface area (Å²) < 4.78 is 6.23. The Bertz CT molecular complexity index is 1040. The first-order chi connectivity index (χ1) is 12.5. The van der Waals surface area contributed by atoms with Crippen LogP contribution in [0.5, 0.6) is 0 Å². The quantitative estimate of drug-likeness (QED) is 0.396. The molecule has 0 atom stereocenters. The van der Waals surface area contributed by atoms with Gasteiger partial charge in [-0.25, -0.2) is 4.79 Å². The summed E-state index contributed by atoms with van der Waals surface area (Å²) >= 11 is 0. The molecular formula is C18H15N3O5. The van der Waals surface area contributed by atoms with Crippen LogP contribution >= 0.6 is 0 Å². The third-order valence-corrected chi connectivity index (χ3v) is 3.84. The summed E-state index contributed by atoms with van der Waals surface area (Å²) in [6, 6.07) is 13.2. The van der Waals surface area contributed by atoms with Crippen molar-refractivity contribution in [3.63, 3.8) is 0 Å². The molecule has 8 heteroatoms. The predicted molar refractivity (Wildman–Crippen MR) is 94.7 cm³/mol. The van der Waals surface area contributed by atoms with E-state index in [4.69, 9.17) is 4.74 Å². The number of ether oxygens (including phenoxy) is 1. The molecule has 2 aromatic carbocycles. The Morgan fingerprint density at radius 3 is 2.62 bits per heavy atom. The third-order valence-electron chi connectivity index (χ3n) is 3.84. The Morgan fingerprint density at radius 1 is 1.23 bits per heavy atom. The van der Waals surface area contributed by atoms with E-state index >= 15 is 0 Å². The molecule has 3 rings (SSSR count). The Kier molecular flexibility index (Phi) is 4.74. The lowest BCUT2D eigenvalue weighted by molar-refractivity contribution is -0.384. The zero-order valence-corrected chi connectivity index (χ0v) is 13.9. The lowest BCUT2D eigenvalue weighted by Gasteiger charge is -2.12. The number of rotatable bonds is 5. The van der Waals surface area contributed by atoms with E-state index in [1.807, 2.05) is 6.07 Å². The Labute approximate surface area is 147 Å². The second-order valence-electron chi connectivity index (χ2n) is 5.56. The first-order valence-corrected chi connectivity index (χ1v) is 7.85. The molecule has 0 radical (unpaired) electrons. The van der Waals surface area contributed by atoms with Crippen LogP contribution in [0.2, 0.25) is 0 Å². The van der Waals surface area contributed by atoms with E-state index in [2.05, 4.69) is 4.98 Å². The summed E-state index contributed by atoms with van der Waals surface area (Å²) in [5.74, 6) is -0.452. The number of nitro groups is 1. The van der Waals surface area contributed by atoms with Gasteiger partial charge in [-0.05, 0) is 6.07 Å². The standard InChI is InChI=1S/C18H15N3O5/c1-12(22)26-10-9-20-16-8-7-14(21(24)25)11-15(16)17(19-18(20)23)13-5-3-2-4-6-13/h2-8,11H,9-10H2,1H3. The van der Waals surface area contributed by atoms with Gasteiger partial charge < -0.3 is 4.74 Å². The largest absolute Gasteiger partial charge is 0.464 e. The number of carbonyl (C=O) groups excluding carboxylic acids is 1. The fourth-order valence-corrected chi connectivity index (χ4v) is 2.69. The lowest BCUT2D eigenvalue weighted by Crippen LogP contribution is -2.26. The average Bonchev–Trinajstić information content (AvgIpc) is 2.63. The van der Waals surface area contributed by atoms with Crippen LogP contribution in [0.1, 0.15) is 6.92 Å². The minimum absolute atomic E-state index is 0.00763. The second-order valence-corrected chi connectivity index (χ2v) is 5.56. The maximum Gasteiger partial charge on any atom is 0.348 e. The monoisotopic (exact) mass is 353 g/mol. The van der Waals surface area contributed by atoms with Gasteiger partial charge in [-0.1, -0.05) is 30.3 Å². The number of nitro benzene ring substituents is 1. The van der Waals surface area contributed by atoms with E-state index < -0.39 is 16.6 Å². The Hall–Kier alpha value is -3.55. The van der Waals surface area contributed by atoms with Gasteiger partial charge in [0, 0.05) is 30.0 Å². The topological polar surface area (TPSA) is 104 Å². The molecule has 0 N–H and O–H groups in total. The summed E-state index contributed by atoms with van der Waals surface area (Å²) in [6.07, 6.45) is 0. The third kappa shape index (κ3) is 3.44. The molecular weight excluding hydrogens is 338 g/mol. The first kappa shape index (κ1) is 17.3. The van der Waals surface area contributed by atoms with Gasteiger partial charge in [-0.3, -0.25) is 19.5 Å². The van der Waals surface area contributed by atoms with Crippen molar-refractivity contribution in [3.8, 4) is 11.3 Å². The molecule has 0 aliphatic rings. The van der Waals surface area contributed by atoms with E-state index in [0.29, 0.717) is 22.2 Å². The number of non-ortho nitro benzene ring substituents is 1. The zero-order valence-electron chi connectivity index (χ0n) is 13.9. The predicted octanol–water partition coefficient (Wildman–Crippen LogP) is 2.53. The smallest absolute Gasteiger partial charge is 0.348 e. The lowest BCUT2D eigenvalue weighted by atomic mass is 10.1. The van der Waals surface area contributed by atoms with Crippen molar-refractivity contribution in [2.24, 2.45) is 0 Å². The molecule has 0 unspecified atom stereocenters. The molecule has 0 amide bonds. The van der Waals surface area contributed by atoms with Crippen LogP contribution in [0, 0.1) is 10.1 Å². The summed E-state index contributed by atoms with van der Waals surface area (Å²) in [7, 11) is 0. The molecule has 0 bridgehead atoms. The molecule has 0 aliphatic heterocycles. The number of esters is 1. The van der Waals surface area contributed by atoms with E-state index in [1.165, 1.54) is 29.7 Å². The summed E-state index contributed by atoms with van der Waals surface area (Å²) in [4.78, 5) is 38.2. The van der Waals surface area contributed by atoms with E-state index in [0.717, 1.165) is 0 Å². The fraction of sp³-hybridized carbons (Fsp3) is 0.167. The minimum atomic E-state index is -0.516. The highest BCUT2D eigenvalue weighted by Gasteiger charge is 2.16. The van der Waals surface area contributed by atoms with Crippen LogP contribution in [0.25, 0.3) is 22.2 Å². The van der Waals surface area contributed by atoms with Crippen molar-refractivity contribution in [1.82, 2.24) is 9.55 Å². The zero-order chi connectivity index (χ0) is 18.7. The molecule has 0 spiro atoms. The van der Waals surface area contributed by atoms with E-state index in [-0.39, 0.29) is 18.8 Å². The van der Waals surface area contributed by atoms with Crippen molar-refractivity contribution in [2.75, 3.05) is 6.61 Å². The molecule has 3 aromatic rings. The average molecular weight is 353 g/mol. The van der Waals surface area contributed by atoms with Crippen LogP contribution in [0.3, 0.4) is 0 Å². The molecule has 132 valence electrons. The van der Waals surface area contributed by atoms with Crippen LogP contribution in [0.4, 0.5) is 5.69 Å². The highest BCUT2D eigenvalue weighted by atomic mass is 16.6. The number of fused-ring (bicyclic) bond motifs is 1.